The summed E-state index contributed by atoms with van der Waals surface area (Å²) in [7, 11) is -2.17. The molecule has 1 amide bonds. The first-order chi connectivity index (χ1) is 14.0. The van der Waals surface area contributed by atoms with E-state index in [1.165, 1.54) is 18.2 Å². The first-order valence-corrected chi connectivity index (χ1v) is 12.0. The molecule has 30 heavy (non-hydrogen) atoms. The summed E-state index contributed by atoms with van der Waals surface area (Å²) in [5.41, 5.74) is 1.11. The number of nitrogens with one attached hydrogen (secondary N) is 1. The quantitative estimate of drug-likeness (QED) is 0.574. The first kappa shape index (κ1) is 24.3. The van der Waals surface area contributed by atoms with Gasteiger partial charge in [-0.25, -0.2) is 8.42 Å². The van der Waals surface area contributed by atoms with Gasteiger partial charge in [0.05, 0.1) is 30.1 Å². The van der Waals surface area contributed by atoms with Crippen LogP contribution in [0.2, 0.25) is 10.0 Å². The van der Waals surface area contributed by atoms with E-state index in [2.05, 4.69) is 19.2 Å². The van der Waals surface area contributed by atoms with Crippen LogP contribution in [0, 0.1) is 5.92 Å². The van der Waals surface area contributed by atoms with Gasteiger partial charge in [0.2, 0.25) is 15.9 Å². The van der Waals surface area contributed by atoms with E-state index in [0.717, 1.165) is 16.1 Å². The number of hydrogen-bond donors (Lipinski definition) is 1. The molecule has 2 aromatic rings. The molecule has 0 radical (unpaired) electrons. The van der Waals surface area contributed by atoms with E-state index < -0.39 is 22.5 Å². The Bertz CT molecular complexity index is 979. The number of sulfonamides is 1. The number of ether oxygens (including phenoxy) is 1. The molecule has 2 aromatic carbocycles. The van der Waals surface area contributed by atoms with E-state index in [1.54, 1.807) is 7.11 Å². The zero-order valence-electron chi connectivity index (χ0n) is 17.4. The summed E-state index contributed by atoms with van der Waals surface area (Å²) in [5, 5.41) is 3.47. The molecule has 0 unspecified atom stereocenters. The molecule has 0 aromatic heterocycles. The SMILES string of the molecule is COc1ccc([C@H](CC(C)C)NC(=O)CN(c2ccc(Cl)cc2Cl)S(C)(=O)=O)cc1. The highest BCUT2D eigenvalue weighted by atomic mass is 35.5. The van der Waals surface area contributed by atoms with Crippen LogP contribution in [0.3, 0.4) is 0 Å². The third-order valence-corrected chi connectivity index (χ3v) is 6.09. The van der Waals surface area contributed by atoms with E-state index in [-0.39, 0.29) is 16.8 Å². The lowest BCUT2D eigenvalue weighted by molar-refractivity contribution is -0.120. The van der Waals surface area contributed by atoms with E-state index >= 15 is 0 Å². The summed E-state index contributed by atoms with van der Waals surface area (Å²) in [6.07, 6.45) is 1.72. The minimum Gasteiger partial charge on any atom is -0.497 e. The highest BCUT2D eigenvalue weighted by molar-refractivity contribution is 7.92. The number of nitrogens with zero attached hydrogens (tertiary/aromatic N) is 1. The van der Waals surface area contributed by atoms with Crippen molar-refractivity contribution in [2.45, 2.75) is 26.3 Å². The van der Waals surface area contributed by atoms with E-state index in [4.69, 9.17) is 27.9 Å². The van der Waals surface area contributed by atoms with Crippen molar-refractivity contribution in [1.29, 1.82) is 0 Å². The predicted molar refractivity (Wildman–Crippen MR) is 122 cm³/mol. The fourth-order valence-electron chi connectivity index (χ4n) is 3.02. The van der Waals surface area contributed by atoms with Crippen LogP contribution in [0.1, 0.15) is 31.9 Å². The Labute approximate surface area is 188 Å². The fraction of sp³-hybridized carbons (Fsp3) is 0.381. The van der Waals surface area contributed by atoms with Gasteiger partial charge in [-0.15, -0.1) is 0 Å². The molecular weight excluding hydrogens is 447 g/mol. The van der Waals surface area contributed by atoms with Gasteiger partial charge in [-0.1, -0.05) is 49.2 Å². The second-order valence-electron chi connectivity index (χ2n) is 7.39. The fourth-order valence-corrected chi connectivity index (χ4v) is 4.45. The number of benzene rings is 2. The average Bonchev–Trinajstić information content (AvgIpc) is 2.65. The number of hydrogen-bond acceptors (Lipinski definition) is 4. The minimum atomic E-state index is -3.75. The largest absolute Gasteiger partial charge is 0.497 e. The van der Waals surface area contributed by atoms with Gasteiger partial charge in [0, 0.05) is 5.02 Å². The van der Waals surface area contributed by atoms with Gasteiger partial charge < -0.3 is 10.1 Å². The average molecular weight is 473 g/mol. The minimum absolute atomic E-state index is 0.148. The summed E-state index contributed by atoms with van der Waals surface area (Å²) in [6, 6.07) is 11.6. The van der Waals surface area contributed by atoms with Crippen LogP contribution in [-0.2, 0) is 14.8 Å². The first-order valence-electron chi connectivity index (χ1n) is 9.37. The van der Waals surface area contributed by atoms with Gasteiger partial charge in [0.1, 0.15) is 12.3 Å². The predicted octanol–water partition coefficient (Wildman–Crippen LogP) is 4.67. The Morgan fingerprint density at radius 1 is 1.13 bits per heavy atom. The molecule has 2 rings (SSSR count). The second kappa shape index (κ2) is 10.4. The van der Waals surface area contributed by atoms with Gasteiger partial charge in [-0.3, -0.25) is 9.10 Å². The van der Waals surface area contributed by atoms with Crippen molar-refractivity contribution in [2.24, 2.45) is 5.92 Å². The zero-order chi connectivity index (χ0) is 22.5. The van der Waals surface area contributed by atoms with Crippen LogP contribution >= 0.6 is 23.2 Å². The molecule has 0 saturated heterocycles. The van der Waals surface area contributed by atoms with E-state index in [0.29, 0.717) is 23.1 Å². The maximum absolute atomic E-state index is 12.8. The highest BCUT2D eigenvalue weighted by Gasteiger charge is 2.25. The monoisotopic (exact) mass is 472 g/mol. The topological polar surface area (TPSA) is 75.7 Å². The maximum Gasteiger partial charge on any atom is 0.241 e. The molecule has 0 heterocycles. The lowest BCUT2D eigenvalue weighted by Crippen LogP contribution is -2.42. The standard InChI is InChI=1S/C21H26Cl2N2O4S/c1-14(2)11-19(15-5-8-17(29-3)9-6-15)24-21(26)13-25(30(4,27)28)20-10-7-16(22)12-18(20)23/h5-10,12,14,19H,11,13H2,1-4H3,(H,24,26)/t19-/m0/s1. The molecule has 9 heteroatoms. The summed E-state index contributed by atoms with van der Waals surface area (Å²) in [5.74, 6) is 0.594. The molecule has 1 N–H and O–H groups in total. The normalized spacial score (nSPS) is 12.5. The molecule has 0 fully saturated rings. The number of carbonyl (C=O) groups excluding carboxylic acids is 1. The number of amides is 1. The van der Waals surface area contributed by atoms with Crippen molar-refractivity contribution in [1.82, 2.24) is 5.32 Å². The van der Waals surface area contributed by atoms with Gasteiger partial charge in [-0.05, 0) is 48.2 Å². The Kier molecular flexibility index (Phi) is 8.41. The Hall–Kier alpha value is -1.96. The molecule has 1 atom stereocenters. The van der Waals surface area contributed by atoms with Gasteiger partial charge in [0.25, 0.3) is 0 Å². The number of methoxy groups -OCH3 is 1. The number of anilines is 1. The third-order valence-electron chi connectivity index (χ3n) is 4.43. The molecule has 164 valence electrons. The second-order valence-corrected chi connectivity index (χ2v) is 10.1. The molecular formula is C21H26Cl2N2O4S. The lowest BCUT2D eigenvalue weighted by atomic mass is 9.97. The van der Waals surface area contributed by atoms with Gasteiger partial charge in [0.15, 0.2) is 0 Å². The molecule has 0 aliphatic rings. The maximum atomic E-state index is 12.8. The van der Waals surface area contributed by atoms with Crippen LogP contribution in [0.5, 0.6) is 5.75 Å². The van der Waals surface area contributed by atoms with Crippen LogP contribution in [0.25, 0.3) is 0 Å². The summed E-state index contributed by atoms with van der Waals surface area (Å²) >= 11 is 12.1. The van der Waals surface area contributed by atoms with Crippen molar-refractivity contribution in [3.05, 3.63) is 58.1 Å². The number of carbonyl (C=O) groups is 1. The van der Waals surface area contributed by atoms with Gasteiger partial charge in [-0.2, -0.15) is 0 Å². The van der Waals surface area contributed by atoms with E-state index in [9.17, 15) is 13.2 Å². The number of halogens is 2. The molecule has 0 saturated carbocycles. The summed E-state index contributed by atoms with van der Waals surface area (Å²) in [4.78, 5) is 12.8. The van der Waals surface area contributed by atoms with Gasteiger partial charge >= 0.3 is 0 Å². The van der Waals surface area contributed by atoms with Crippen LogP contribution in [0.4, 0.5) is 5.69 Å². The van der Waals surface area contributed by atoms with E-state index in [1.807, 2.05) is 24.3 Å². The van der Waals surface area contributed by atoms with Crippen LogP contribution < -0.4 is 14.4 Å². The van der Waals surface area contributed by atoms with Crippen molar-refractivity contribution in [3.63, 3.8) is 0 Å². The van der Waals surface area contributed by atoms with Crippen molar-refractivity contribution >= 4 is 44.8 Å². The third kappa shape index (κ3) is 6.79. The molecule has 6 nitrogen and oxygen atoms in total. The molecule has 0 spiro atoms. The zero-order valence-corrected chi connectivity index (χ0v) is 19.7. The Balaban J connectivity index is 2.25. The van der Waals surface area contributed by atoms with Crippen molar-refractivity contribution in [3.8, 4) is 5.75 Å². The Morgan fingerprint density at radius 2 is 1.77 bits per heavy atom. The van der Waals surface area contributed by atoms with Crippen LogP contribution in [0.15, 0.2) is 42.5 Å². The van der Waals surface area contributed by atoms with Crippen molar-refractivity contribution in [2.75, 3.05) is 24.2 Å². The molecule has 0 aliphatic carbocycles. The summed E-state index contributed by atoms with van der Waals surface area (Å²) < 4.78 is 30.9. The van der Waals surface area contributed by atoms with Crippen LogP contribution in [-0.4, -0.2) is 34.2 Å². The molecule has 0 bridgehead atoms. The van der Waals surface area contributed by atoms with Crippen molar-refractivity contribution < 1.29 is 17.9 Å². The lowest BCUT2D eigenvalue weighted by Gasteiger charge is -2.26. The Morgan fingerprint density at radius 3 is 2.27 bits per heavy atom. The highest BCUT2D eigenvalue weighted by Crippen LogP contribution is 2.30. The molecule has 0 aliphatic heterocycles. The smallest absolute Gasteiger partial charge is 0.241 e. The number of rotatable bonds is 9. The summed E-state index contributed by atoms with van der Waals surface area (Å²) in [6.45, 7) is 3.71.